The standard InChI is InChI=1S/C26H33N3O3/c1-18(16-28-12-10-27(4)11-13-28)17-29-20(3)19(2)24-15-23(8-9-25(24)29)32-22-7-5-6-21(14-22)26(30)31/h5-9,14-15,18H,10-13,16-17H2,1-4H3,(H,30,31). The lowest BCUT2D eigenvalue weighted by Crippen LogP contribution is -2.46. The van der Waals surface area contributed by atoms with Crippen LogP contribution in [0.5, 0.6) is 11.5 Å². The molecule has 1 atom stereocenters. The first-order valence-corrected chi connectivity index (χ1v) is 11.3. The van der Waals surface area contributed by atoms with Crippen LogP contribution in [0.25, 0.3) is 10.9 Å². The Labute approximate surface area is 190 Å². The van der Waals surface area contributed by atoms with Gasteiger partial charge in [-0.1, -0.05) is 13.0 Å². The summed E-state index contributed by atoms with van der Waals surface area (Å²) in [6.07, 6.45) is 0. The van der Waals surface area contributed by atoms with Crippen LogP contribution in [-0.2, 0) is 6.54 Å². The van der Waals surface area contributed by atoms with E-state index in [-0.39, 0.29) is 5.56 Å². The van der Waals surface area contributed by atoms with E-state index in [1.165, 1.54) is 22.2 Å². The maximum absolute atomic E-state index is 11.2. The van der Waals surface area contributed by atoms with Crippen molar-refractivity contribution in [3.8, 4) is 11.5 Å². The van der Waals surface area contributed by atoms with Crippen molar-refractivity contribution in [2.45, 2.75) is 27.3 Å². The molecule has 0 spiro atoms. The molecule has 2 heterocycles. The van der Waals surface area contributed by atoms with Crippen molar-refractivity contribution in [3.05, 3.63) is 59.3 Å². The van der Waals surface area contributed by atoms with Crippen molar-refractivity contribution < 1.29 is 14.6 Å². The number of hydrogen-bond donors (Lipinski definition) is 1. The molecule has 0 amide bonds. The summed E-state index contributed by atoms with van der Waals surface area (Å²) in [6, 6.07) is 12.7. The first kappa shape index (κ1) is 22.4. The number of carbonyl (C=O) groups is 1. The molecule has 0 aliphatic carbocycles. The van der Waals surface area contributed by atoms with Crippen molar-refractivity contribution in [1.29, 1.82) is 0 Å². The second-order valence-corrected chi connectivity index (χ2v) is 9.14. The molecule has 1 aliphatic heterocycles. The maximum atomic E-state index is 11.2. The van der Waals surface area contributed by atoms with Gasteiger partial charge in [-0.05, 0) is 68.8 Å². The topological polar surface area (TPSA) is 57.9 Å². The zero-order valence-corrected chi connectivity index (χ0v) is 19.5. The third kappa shape index (κ3) is 4.81. The number of carboxylic acids is 1. The van der Waals surface area contributed by atoms with Crippen LogP contribution in [-0.4, -0.2) is 65.2 Å². The van der Waals surface area contributed by atoms with Gasteiger partial charge in [-0.2, -0.15) is 0 Å². The fourth-order valence-electron chi connectivity index (χ4n) is 4.60. The highest BCUT2D eigenvalue weighted by Crippen LogP contribution is 2.32. The number of carboxylic acid groups (broad SMARTS) is 1. The number of aryl methyl sites for hydroxylation is 1. The molecular weight excluding hydrogens is 402 g/mol. The smallest absolute Gasteiger partial charge is 0.335 e. The predicted molar refractivity (Wildman–Crippen MR) is 128 cm³/mol. The number of rotatable bonds is 7. The summed E-state index contributed by atoms with van der Waals surface area (Å²) in [5.41, 5.74) is 3.99. The van der Waals surface area contributed by atoms with Crippen LogP contribution in [0.4, 0.5) is 0 Å². The van der Waals surface area contributed by atoms with Crippen LogP contribution in [0, 0.1) is 19.8 Å². The van der Waals surface area contributed by atoms with Gasteiger partial charge in [-0.3, -0.25) is 0 Å². The van der Waals surface area contributed by atoms with Gasteiger partial charge in [0.1, 0.15) is 11.5 Å². The van der Waals surface area contributed by atoms with Crippen molar-refractivity contribution in [2.24, 2.45) is 5.92 Å². The minimum atomic E-state index is -0.958. The third-order valence-electron chi connectivity index (χ3n) is 6.59. The number of nitrogens with zero attached hydrogens (tertiary/aromatic N) is 3. The average Bonchev–Trinajstić information content (AvgIpc) is 3.00. The average molecular weight is 436 g/mol. The lowest BCUT2D eigenvalue weighted by molar-refractivity contribution is 0.0696. The van der Waals surface area contributed by atoms with Gasteiger partial charge >= 0.3 is 5.97 Å². The van der Waals surface area contributed by atoms with Gasteiger partial charge in [0.25, 0.3) is 0 Å². The van der Waals surface area contributed by atoms with Crippen LogP contribution in [0.2, 0.25) is 0 Å². The molecule has 4 rings (SSSR count). The van der Waals surface area contributed by atoms with Gasteiger partial charge in [-0.15, -0.1) is 0 Å². The summed E-state index contributed by atoms with van der Waals surface area (Å²) < 4.78 is 8.42. The van der Waals surface area contributed by atoms with Gasteiger partial charge in [-0.25, -0.2) is 4.79 Å². The third-order valence-corrected chi connectivity index (χ3v) is 6.59. The SMILES string of the molecule is Cc1c(C)n(CC(C)CN2CCN(C)CC2)c2ccc(Oc3cccc(C(=O)O)c3)cc12. The van der Waals surface area contributed by atoms with Gasteiger partial charge < -0.3 is 24.2 Å². The fourth-order valence-corrected chi connectivity index (χ4v) is 4.60. The Hall–Kier alpha value is -2.83. The number of hydrogen-bond acceptors (Lipinski definition) is 4. The monoisotopic (exact) mass is 435 g/mol. The summed E-state index contributed by atoms with van der Waals surface area (Å²) in [5, 5.41) is 10.4. The Kier molecular flexibility index (Phi) is 6.53. The molecule has 1 aromatic heterocycles. The molecule has 0 radical (unpaired) electrons. The number of fused-ring (bicyclic) bond motifs is 1. The van der Waals surface area contributed by atoms with Crippen LogP contribution in [0.1, 0.15) is 28.5 Å². The van der Waals surface area contributed by atoms with Crippen LogP contribution < -0.4 is 4.74 Å². The number of likely N-dealkylation sites (N-methyl/N-ethyl adjacent to an activating group) is 1. The Morgan fingerprint density at radius 1 is 1.03 bits per heavy atom. The molecule has 170 valence electrons. The number of ether oxygens (including phenoxy) is 1. The second-order valence-electron chi connectivity index (χ2n) is 9.14. The molecule has 2 aromatic carbocycles. The molecule has 1 unspecified atom stereocenters. The highest BCUT2D eigenvalue weighted by molar-refractivity contribution is 5.88. The minimum absolute atomic E-state index is 0.219. The lowest BCUT2D eigenvalue weighted by atomic mass is 10.1. The van der Waals surface area contributed by atoms with Gasteiger partial charge in [0, 0.05) is 55.9 Å². The summed E-state index contributed by atoms with van der Waals surface area (Å²) in [5.74, 6) is 0.839. The molecule has 32 heavy (non-hydrogen) atoms. The van der Waals surface area contributed by atoms with E-state index in [0.29, 0.717) is 17.4 Å². The molecular formula is C26H33N3O3. The highest BCUT2D eigenvalue weighted by Gasteiger charge is 2.19. The number of aromatic carboxylic acids is 1. The summed E-state index contributed by atoms with van der Waals surface area (Å²) >= 11 is 0. The predicted octanol–water partition coefficient (Wildman–Crippen LogP) is 4.63. The molecule has 6 heteroatoms. The molecule has 1 saturated heterocycles. The summed E-state index contributed by atoms with van der Waals surface area (Å²) in [4.78, 5) is 16.2. The molecule has 3 aromatic rings. The van der Waals surface area contributed by atoms with E-state index >= 15 is 0 Å². The van der Waals surface area contributed by atoms with E-state index in [2.05, 4.69) is 54.3 Å². The second kappa shape index (κ2) is 9.35. The molecule has 0 saturated carbocycles. The number of benzene rings is 2. The Bertz CT molecular complexity index is 1110. The van der Waals surface area contributed by atoms with Crippen molar-refractivity contribution in [1.82, 2.24) is 14.4 Å². The normalized spacial score (nSPS) is 16.4. The zero-order valence-electron chi connectivity index (χ0n) is 19.5. The molecule has 1 fully saturated rings. The first-order chi connectivity index (χ1) is 15.3. The molecule has 0 bridgehead atoms. The molecule has 6 nitrogen and oxygen atoms in total. The van der Waals surface area contributed by atoms with Gasteiger partial charge in [0.2, 0.25) is 0 Å². The van der Waals surface area contributed by atoms with Crippen LogP contribution in [0.15, 0.2) is 42.5 Å². The van der Waals surface area contributed by atoms with Gasteiger partial charge in [0.15, 0.2) is 0 Å². The number of aromatic nitrogens is 1. The van der Waals surface area contributed by atoms with E-state index < -0.39 is 5.97 Å². The van der Waals surface area contributed by atoms with Crippen molar-refractivity contribution in [3.63, 3.8) is 0 Å². The molecule has 1 N–H and O–H groups in total. The summed E-state index contributed by atoms with van der Waals surface area (Å²) in [7, 11) is 2.19. The van der Waals surface area contributed by atoms with Crippen LogP contribution >= 0.6 is 0 Å². The first-order valence-electron chi connectivity index (χ1n) is 11.3. The fraction of sp³-hybridized carbons (Fsp3) is 0.423. The quantitative estimate of drug-likeness (QED) is 0.586. The van der Waals surface area contributed by atoms with Gasteiger partial charge in [0.05, 0.1) is 5.56 Å². The Balaban J connectivity index is 1.52. The van der Waals surface area contributed by atoms with E-state index in [1.807, 2.05) is 6.07 Å². The van der Waals surface area contributed by atoms with Crippen molar-refractivity contribution in [2.75, 3.05) is 39.8 Å². The van der Waals surface area contributed by atoms with Crippen molar-refractivity contribution >= 4 is 16.9 Å². The van der Waals surface area contributed by atoms with Crippen LogP contribution in [0.3, 0.4) is 0 Å². The Morgan fingerprint density at radius 3 is 2.47 bits per heavy atom. The summed E-state index contributed by atoms with van der Waals surface area (Å²) in [6.45, 7) is 13.4. The van der Waals surface area contributed by atoms with E-state index in [0.717, 1.165) is 39.3 Å². The lowest BCUT2D eigenvalue weighted by Gasteiger charge is -2.34. The highest BCUT2D eigenvalue weighted by atomic mass is 16.5. The van der Waals surface area contributed by atoms with E-state index in [1.54, 1.807) is 24.3 Å². The van der Waals surface area contributed by atoms with E-state index in [9.17, 15) is 9.90 Å². The molecule has 1 aliphatic rings. The maximum Gasteiger partial charge on any atom is 0.335 e. The largest absolute Gasteiger partial charge is 0.478 e. The number of piperazine rings is 1. The minimum Gasteiger partial charge on any atom is -0.478 e. The van der Waals surface area contributed by atoms with E-state index in [4.69, 9.17) is 4.74 Å². The zero-order chi connectivity index (χ0) is 22.8. The Morgan fingerprint density at radius 2 is 1.75 bits per heavy atom.